The molecule has 2 heterocycles. The molecule has 5 N–H and O–H groups in total. The van der Waals surface area contributed by atoms with Crippen molar-refractivity contribution < 1.29 is 14.7 Å². The number of benzene rings is 1. The highest BCUT2D eigenvalue weighted by Crippen LogP contribution is 2.19. The molecule has 156 valence electrons. The molecule has 0 saturated heterocycles. The molecule has 0 fully saturated rings. The first-order valence-electron chi connectivity index (χ1n) is 8.89. The minimum absolute atomic E-state index is 0.00650. The molecular weight excluding hydrogens is 410 g/mol. The fourth-order valence-electron chi connectivity index (χ4n) is 2.98. The molecule has 11 heteroatoms. The molecule has 0 radical (unpaired) electrons. The molecular formula is C19H19N5O5S. The third-order valence-electron chi connectivity index (χ3n) is 4.33. The standard InChI is InChI=1S/C19H19N5O5S/c1-9(15-17(27)22-19(29)30-18(15)28)23-24-16(26)14(21-10(2)25)7-11-8-20-13-6-4-3-5-12(11)13/h3-6,8,14,20,28H,7H2,1-2H3,(H,21,25)(H,24,26)(H,22,27,29)/t14-/m1/s1. The highest BCUT2D eigenvalue weighted by atomic mass is 32.1. The Hall–Kier alpha value is -3.73. The van der Waals surface area contributed by atoms with Crippen LogP contribution in [0.15, 0.2) is 45.2 Å². The normalized spacial score (nSPS) is 12.5. The molecule has 3 rings (SSSR count). The summed E-state index contributed by atoms with van der Waals surface area (Å²) < 4.78 is 0. The van der Waals surface area contributed by atoms with Gasteiger partial charge in [-0.15, -0.1) is 0 Å². The fraction of sp³-hybridized carbons (Fsp3) is 0.211. The zero-order valence-electron chi connectivity index (χ0n) is 16.1. The zero-order valence-corrected chi connectivity index (χ0v) is 16.9. The van der Waals surface area contributed by atoms with Crippen LogP contribution in [0, 0.1) is 0 Å². The van der Waals surface area contributed by atoms with Crippen LogP contribution in [0.4, 0.5) is 0 Å². The zero-order chi connectivity index (χ0) is 21.8. The molecule has 1 atom stereocenters. The number of aromatic nitrogens is 2. The Morgan fingerprint density at radius 3 is 2.67 bits per heavy atom. The maximum Gasteiger partial charge on any atom is 0.310 e. The van der Waals surface area contributed by atoms with Crippen LogP contribution in [0.25, 0.3) is 10.9 Å². The van der Waals surface area contributed by atoms with Gasteiger partial charge in [-0.05, 0) is 29.9 Å². The van der Waals surface area contributed by atoms with Gasteiger partial charge in [0.15, 0.2) is 5.06 Å². The summed E-state index contributed by atoms with van der Waals surface area (Å²) in [4.78, 5) is 51.8. The van der Waals surface area contributed by atoms with Gasteiger partial charge in [0.1, 0.15) is 11.6 Å². The van der Waals surface area contributed by atoms with Gasteiger partial charge in [-0.1, -0.05) is 18.2 Å². The number of rotatable bonds is 6. The molecule has 0 aliphatic rings. The summed E-state index contributed by atoms with van der Waals surface area (Å²) in [6, 6.07) is 6.64. The SMILES string of the molecule is CC(=O)N[C@H](Cc1c[nH]c2ccccc12)C(=O)NN=C(C)c1c(O)sc(=O)[nH]c1=O. The number of nitrogens with one attached hydrogen (secondary N) is 4. The Labute approximate surface area is 173 Å². The Morgan fingerprint density at radius 2 is 1.97 bits per heavy atom. The van der Waals surface area contributed by atoms with Gasteiger partial charge in [0.05, 0.1) is 5.71 Å². The number of carbonyl (C=O) groups excluding carboxylic acids is 2. The van der Waals surface area contributed by atoms with Crippen LogP contribution in [0.2, 0.25) is 0 Å². The summed E-state index contributed by atoms with van der Waals surface area (Å²) in [5.74, 6) is -0.993. The molecule has 0 bridgehead atoms. The van der Waals surface area contributed by atoms with E-state index in [0.717, 1.165) is 16.5 Å². The number of carbonyl (C=O) groups is 2. The van der Waals surface area contributed by atoms with Crippen LogP contribution in [0.3, 0.4) is 0 Å². The van der Waals surface area contributed by atoms with E-state index < -0.39 is 33.4 Å². The third kappa shape index (κ3) is 4.63. The van der Waals surface area contributed by atoms with Crippen molar-refractivity contribution in [3.8, 4) is 5.06 Å². The first kappa shape index (κ1) is 21.0. The lowest BCUT2D eigenvalue weighted by atomic mass is 10.0. The maximum absolute atomic E-state index is 12.7. The minimum Gasteiger partial charge on any atom is -0.499 e. The van der Waals surface area contributed by atoms with E-state index >= 15 is 0 Å². The van der Waals surface area contributed by atoms with Crippen molar-refractivity contribution in [1.82, 2.24) is 20.7 Å². The number of aromatic amines is 2. The van der Waals surface area contributed by atoms with E-state index in [1.807, 2.05) is 29.2 Å². The van der Waals surface area contributed by atoms with Crippen LogP contribution in [0.5, 0.6) is 5.06 Å². The molecule has 10 nitrogen and oxygen atoms in total. The number of nitrogens with zero attached hydrogens (tertiary/aromatic N) is 1. The van der Waals surface area contributed by atoms with E-state index in [2.05, 4.69) is 20.8 Å². The monoisotopic (exact) mass is 429 g/mol. The number of hydrogen-bond acceptors (Lipinski definition) is 7. The molecule has 2 amide bonds. The van der Waals surface area contributed by atoms with Crippen molar-refractivity contribution >= 4 is 39.8 Å². The van der Waals surface area contributed by atoms with Crippen molar-refractivity contribution in [2.24, 2.45) is 5.10 Å². The van der Waals surface area contributed by atoms with Gasteiger partial charge in [-0.3, -0.25) is 24.2 Å². The van der Waals surface area contributed by atoms with E-state index in [-0.39, 0.29) is 17.7 Å². The quantitative estimate of drug-likeness (QED) is 0.286. The predicted octanol–water partition coefficient (Wildman–Crippen LogP) is 0.571. The highest BCUT2D eigenvalue weighted by molar-refractivity contribution is 7.11. The molecule has 1 aromatic carbocycles. The van der Waals surface area contributed by atoms with Crippen molar-refractivity contribution in [2.75, 3.05) is 0 Å². The number of fused-ring (bicyclic) bond motifs is 1. The average Bonchev–Trinajstić information content (AvgIpc) is 3.07. The smallest absolute Gasteiger partial charge is 0.310 e. The summed E-state index contributed by atoms with van der Waals surface area (Å²) in [5, 5.41) is 16.7. The molecule has 0 aliphatic carbocycles. The second kappa shape index (κ2) is 8.74. The lowest BCUT2D eigenvalue weighted by molar-refractivity contribution is -0.128. The van der Waals surface area contributed by atoms with Gasteiger partial charge in [-0.25, -0.2) is 5.43 Å². The number of hydrazone groups is 1. The van der Waals surface area contributed by atoms with Crippen molar-refractivity contribution in [3.63, 3.8) is 0 Å². The number of para-hydroxylation sites is 1. The van der Waals surface area contributed by atoms with Gasteiger partial charge < -0.3 is 15.4 Å². The summed E-state index contributed by atoms with van der Waals surface area (Å²) in [6.45, 7) is 2.70. The Kier molecular flexibility index (Phi) is 6.11. The van der Waals surface area contributed by atoms with Gasteiger partial charge >= 0.3 is 4.87 Å². The minimum atomic E-state index is -0.919. The van der Waals surface area contributed by atoms with Crippen molar-refractivity contribution in [2.45, 2.75) is 26.3 Å². The van der Waals surface area contributed by atoms with Gasteiger partial charge in [0.25, 0.3) is 11.5 Å². The number of hydrogen-bond donors (Lipinski definition) is 5. The fourth-order valence-corrected chi connectivity index (χ4v) is 3.65. The molecule has 0 aliphatic heterocycles. The molecule has 0 spiro atoms. The van der Waals surface area contributed by atoms with Gasteiger partial charge in [-0.2, -0.15) is 5.10 Å². The van der Waals surface area contributed by atoms with E-state index in [4.69, 9.17) is 0 Å². The van der Waals surface area contributed by atoms with Gasteiger partial charge in [0, 0.05) is 30.4 Å². The molecule has 0 saturated carbocycles. The van der Waals surface area contributed by atoms with E-state index in [9.17, 15) is 24.3 Å². The Balaban J connectivity index is 1.82. The summed E-state index contributed by atoms with van der Waals surface area (Å²) in [6.07, 6.45) is 1.98. The Bertz CT molecular complexity index is 1260. The maximum atomic E-state index is 12.7. The first-order valence-corrected chi connectivity index (χ1v) is 9.71. The second-order valence-electron chi connectivity index (χ2n) is 6.51. The first-order chi connectivity index (χ1) is 14.3. The van der Waals surface area contributed by atoms with Crippen molar-refractivity contribution in [1.29, 1.82) is 0 Å². The summed E-state index contributed by atoms with van der Waals surface area (Å²) in [7, 11) is 0. The van der Waals surface area contributed by atoms with Crippen LogP contribution >= 0.6 is 11.3 Å². The predicted molar refractivity (Wildman–Crippen MR) is 113 cm³/mol. The lowest BCUT2D eigenvalue weighted by Crippen LogP contribution is -2.46. The average molecular weight is 429 g/mol. The number of H-pyrrole nitrogens is 2. The number of amides is 2. The highest BCUT2D eigenvalue weighted by Gasteiger charge is 2.22. The second-order valence-corrected chi connectivity index (χ2v) is 7.48. The molecule has 0 unspecified atom stereocenters. The largest absolute Gasteiger partial charge is 0.499 e. The van der Waals surface area contributed by atoms with Crippen LogP contribution in [-0.4, -0.2) is 38.6 Å². The molecule has 3 aromatic rings. The lowest BCUT2D eigenvalue weighted by Gasteiger charge is -2.16. The number of aromatic hydroxyl groups is 1. The Morgan fingerprint density at radius 1 is 1.23 bits per heavy atom. The summed E-state index contributed by atoms with van der Waals surface area (Å²) >= 11 is 0.445. The third-order valence-corrected chi connectivity index (χ3v) is 5.02. The van der Waals surface area contributed by atoms with E-state index in [1.54, 1.807) is 6.20 Å². The molecule has 30 heavy (non-hydrogen) atoms. The van der Waals surface area contributed by atoms with Crippen LogP contribution in [0.1, 0.15) is 25.0 Å². The summed E-state index contributed by atoms with van der Waals surface area (Å²) in [5.41, 5.74) is 3.02. The van der Waals surface area contributed by atoms with E-state index in [1.165, 1.54) is 13.8 Å². The molecule has 2 aromatic heterocycles. The van der Waals surface area contributed by atoms with Crippen LogP contribution in [-0.2, 0) is 16.0 Å². The van der Waals surface area contributed by atoms with Crippen molar-refractivity contribution in [3.05, 3.63) is 61.6 Å². The van der Waals surface area contributed by atoms with Crippen LogP contribution < -0.4 is 21.2 Å². The van der Waals surface area contributed by atoms with E-state index in [0.29, 0.717) is 11.3 Å². The topological polar surface area (TPSA) is 157 Å². The van der Waals surface area contributed by atoms with Gasteiger partial charge in [0.2, 0.25) is 5.91 Å².